The van der Waals surface area contributed by atoms with Gasteiger partial charge in [-0.2, -0.15) is 0 Å². The average molecular weight is 368 g/mol. The number of hydrogen-bond acceptors (Lipinski definition) is 2. The third-order valence-corrected chi connectivity index (χ3v) is 6.17. The Balaban J connectivity index is 1.71. The smallest absolute Gasteiger partial charge is 0.116 e. The summed E-state index contributed by atoms with van der Waals surface area (Å²) in [5.74, 6) is 0. The summed E-state index contributed by atoms with van der Waals surface area (Å²) in [6.07, 6.45) is 28.2. The van der Waals surface area contributed by atoms with E-state index < -0.39 is 5.72 Å². The Morgan fingerprint density at radius 1 is 0.577 bits per heavy atom. The maximum absolute atomic E-state index is 10.4. The Labute approximate surface area is 164 Å². The molecule has 0 unspecified atom stereocenters. The van der Waals surface area contributed by atoms with Crippen molar-refractivity contribution in [1.82, 2.24) is 5.32 Å². The molecule has 1 aliphatic carbocycles. The van der Waals surface area contributed by atoms with Crippen molar-refractivity contribution in [3.05, 3.63) is 0 Å². The Morgan fingerprint density at radius 2 is 0.962 bits per heavy atom. The molecule has 0 amide bonds. The first-order valence-corrected chi connectivity index (χ1v) is 12.2. The van der Waals surface area contributed by atoms with Crippen LogP contribution in [0.4, 0.5) is 0 Å². The molecule has 0 radical (unpaired) electrons. The minimum absolute atomic E-state index is 0.534. The van der Waals surface area contributed by atoms with Gasteiger partial charge in [-0.25, -0.2) is 0 Å². The topological polar surface area (TPSA) is 32.3 Å². The highest BCUT2D eigenvalue weighted by Crippen LogP contribution is 2.25. The Kier molecular flexibility index (Phi) is 15.7. The summed E-state index contributed by atoms with van der Waals surface area (Å²) >= 11 is 0. The first-order valence-electron chi connectivity index (χ1n) is 12.2. The van der Waals surface area contributed by atoms with Crippen molar-refractivity contribution in [3.63, 3.8) is 0 Å². The van der Waals surface area contributed by atoms with Crippen molar-refractivity contribution in [1.29, 1.82) is 0 Å². The summed E-state index contributed by atoms with van der Waals surface area (Å²) < 4.78 is 0. The van der Waals surface area contributed by atoms with E-state index in [1.807, 2.05) is 0 Å². The predicted molar refractivity (Wildman–Crippen MR) is 116 cm³/mol. The number of hydrogen-bond donors (Lipinski definition) is 2. The molecule has 0 aromatic carbocycles. The minimum Gasteiger partial charge on any atom is -0.376 e. The van der Waals surface area contributed by atoms with Crippen LogP contribution < -0.4 is 5.32 Å². The van der Waals surface area contributed by atoms with Gasteiger partial charge in [-0.1, -0.05) is 110 Å². The second kappa shape index (κ2) is 17.0. The number of unbranched alkanes of at least 4 members (excludes halogenated alkanes) is 15. The fraction of sp³-hybridized carbons (Fsp3) is 1.00. The van der Waals surface area contributed by atoms with Crippen LogP contribution in [-0.4, -0.2) is 17.4 Å². The maximum Gasteiger partial charge on any atom is 0.116 e. The summed E-state index contributed by atoms with van der Waals surface area (Å²) in [6, 6.07) is 0. The summed E-state index contributed by atoms with van der Waals surface area (Å²) in [6.45, 7) is 3.29. The monoisotopic (exact) mass is 367 g/mol. The van der Waals surface area contributed by atoms with Gasteiger partial charge in [0, 0.05) is 0 Å². The lowest BCUT2D eigenvalue weighted by Crippen LogP contribution is -2.46. The van der Waals surface area contributed by atoms with Gasteiger partial charge in [0.05, 0.1) is 0 Å². The zero-order chi connectivity index (χ0) is 18.8. The van der Waals surface area contributed by atoms with Crippen LogP contribution in [0.15, 0.2) is 0 Å². The average Bonchev–Trinajstić information content (AvgIpc) is 2.65. The molecule has 1 fully saturated rings. The first-order chi connectivity index (χ1) is 12.8. The van der Waals surface area contributed by atoms with E-state index in [0.717, 1.165) is 19.4 Å². The van der Waals surface area contributed by atoms with Gasteiger partial charge >= 0.3 is 0 Å². The van der Waals surface area contributed by atoms with E-state index in [-0.39, 0.29) is 0 Å². The highest BCUT2D eigenvalue weighted by atomic mass is 16.3. The van der Waals surface area contributed by atoms with E-state index in [0.29, 0.717) is 0 Å². The first kappa shape index (κ1) is 24.0. The van der Waals surface area contributed by atoms with E-state index in [4.69, 9.17) is 0 Å². The lowest BCUT2D eigenvalue weighted by atomic mass is 9.91. The van der Waals surface area contributed by atoms with E-state index in [9.17, 15) is 5.11 Å². The molecule has 0 aliphatic heterocycles. The molecule has 0 atom stereocenters. The summed E-state index contributed by atoms with van der Waals surface area (Å²) in [5, 5.41) is 13.8. The van der Waals surface area contributed by atoms with E-state index in [1.54, 1.807) is 0 Å². The molecule has 1 aliphatic rings. The molecule has 0 bridgehead atoms. The third-order valence-electron chi connectivity index (χ3n) is 6.17. The molecule has 0 aromatic heterocycles. The van der Waals surface area contributed by atoms with Crippen LogP contribution >= 0.6 is 0 Å². The molecule has 26 heavy (non-hydrogen) atoms. The van der Waals surface area contributed by atoms with Gasteiger partial charge in [-0.15, -0.1) is 0 Å². The van der Waals surface area contributed by atoms with Crippen LogP contribution in [-0.2, 0) is 0 Å². The van der Waals surface area contributed by atoms with Gasteiger partial charge in [-0.3, -0.25) is 5.32 Å². The van der Waals surface area contributed by atoms with Gasteiger partial charge in [0.15, 0.2) is 0 Å². The van der Waals surface area contributed by atoms with Crippen molar-refractivity contribution in [3.8, 4) is 0 Å². The van der Waals surface area contributed by atoms with Crippen LogP contribution in [0.5, 0.6) is 0 Å². The van der Waals surface area contributed by atoms with Gasteiger partial charge < -0.3 is 5.11 Å². The lowest BCUT2D eigenvalue weighted by Gasteiger charge is -2.33. The molecule has 0 saturated heterocycles. The fourth-order valence-electron chi connectivity index (χ4n) is 4.31. The second-order valence-corrected chi connectivity index (χ2v) is 8.82. The van der Waals surface area contributed by atoms with E-state index in [1.165, 1.54) is 122 Å². The molecule has 2 nitrogen and oxygen atoms in total. The maximum atomic E-state index is 10.4. The molecular weight excluding hydrogens is 318 g/mol. The van der Waals surface area contributed by atoms with E-state index >= 15 is 0 Å². The van der Waals surface area contributed by atoms with Crippen LogP contribution in [0.3, 0.4) is 0 Å². The van der Waals surface area contributed by atoms with Crippen LogP contribution in [0, 0.1) is 0 Å². The fourth-order valence-corrected chi connectivity index (χ4v) is 4.31. The molecule has 1 saturated carbocycles. The minimum atomic E-state index is -0.534. The van der Waals surface area contributed by atoms with Gasteiger partial charge in [0.2, 0.25) is 0 Å². The highest BCUT2D eigenvalue weighted by Gasteiger charge is 2.27. The highest BCUT2D eigenvalue weighted by molar-refractivity contribution is 4.79. The van der Waals surface area contributed by atoms with Crippen molar-refractivity contribution in [2.45, 2.75) is 147 Å². The molecule has 0 aromatic rings. The summed E-state index contributed by atoms with van der Waals surface area (Å²) in [4.78, 5) is 0. The van der Waals surface area contributed by atoms with Crippen molar-refractivity contribution in [2.75, 3.05) is 6.54 Å². The molecule has 0 heterocycles. The number of rotatable bonds is 18. The number of aliphatic hydroxyl groups is 1. The molecule has 1 rings (SSSR count). The molecule has 0 spiro atoms. The standard InChI is InChI=1S/C24H49NO/c1-2-3-4-5-6-7-8-9-10-11-12-13-14-15-16-20-23-25-24(26)21-18-17-19-22-24/h25-26H,2-23H2,1H3. The van der Waals surface area contributed by atoms with Gasteiger partial charge in [0.25, 0.3) is 0 Å². The summed E-state index contributed by atoms with van der Waals surface area (Å²) in [5.41, 5.74) is -0.534. The second-order valence-electron chi connectivity index (χ2n) is 8.82. The van der Waals surface area contributed by atoms with E-state index in [2.05, 4.69) is 12.2 Å². The zero-order valence-corrected chi connectivity index (χ0v) is 18.0. The Hall–Kier alpha value is -0.0800. The zero-order valence-electron chi connectivity index (χ0n) is 18.0. The van der Waals surface area contributed by atoms with Crippen LogP contribution in [0.1, 0.15) is 142 Å². The predicted octanol–water partition coefficient (Wildman–Crippen LogP) is 7.49. The van der Waals surface area contributed by atoms with Crippen LogP contribution in [0.25, 0.3) is 0 Å². The van der Waals surface area contributed by atoms with Gasteiger partial charge in [0.1, 0.15) is 5.72 Å². The largest absolute Gasteiger partial charge is 0.376 e. The molecule has 2 N–H and O–H groups in total. The quantitative estimate of drug-likeness (QED) is 0.194. The number of nitrogens with one attached hydrogen (secondary N) is 1. The SMILES string of the molecule is CCCCCCCCCCCCCCCCCCNC1(O)CCCCC1. The Bertz CT molecular complexity index is 286. The van der Waals surface area contributed by atoms with Crippen molar-refractivity contribution >= 4 is 0 Å². The molecular formula is C24H49NO. The van der Waals surface area contributed by atoms with Crippen LogP contribution in [0.2, 0.25) is 0 Å². The lowest BCUT2D eigenvalue weighted by molar-refractivity contribution is -0.0278. The van der Waals surface area contributed by atoms with Gasteiger partial charge in [-0.05, 0) is 38.6 Å². The molecule has 156 valence electrons. The third kappa shape index (κ3) is 14.0. The van der Waals surface area contributed by atoms with Crippen molar-refractivity contribution in [2.24, 2.45) is 0 Å². The molecule has 2 heteroatoms. The van der Waals surface area contributed by atoms with Crippen molar-refractivity contribution < 1.29 is 5.11 Å². The Morgan fingerprint density at radius 3 is 1.38 bits per heavy atom. The summed E-state index contributed by atoms with van der Waals surface area (Å²) in [7, 11) is 0. The normalized spacial score (nSPS) is 16.8.